The third-order valence-corrected chi connectivity index (χ3v) is 8.22. The van der Waals surface area contributed by atoms with Crippen LogP contribution in [0.15, 0.2) is 48.7 Å². The average molecular weight is 530 g/mol. The summed E-state index contributed by atoms with van der Waals surface area (Å²) in [5, 5.41) is 7.87. The number of fused-ring (bicyclic) bond motifs is 1. The van der Waals surface area contributed by atoms with Gasteiger partial charge in [-0.1, -0.05) is 6.08 Å². The number of likely N-dealkylation sites (tertiary alicyclic amines) is 2. The van der Waals surface area contributed by atoms with Crippen LogP contribution >= 0.6 is 0 Å². The number of nitrogens with one attached hydrogen (secondary N) is 1. The molecule has 3 aliphatic heterocycles. The second-order valence-corrected chi connectivity index (χ2v) is 10.9. The van der Waals surface area contributed by atoms with E-state index in [2.05, 4.69) is 28.4 Å². The van der Waals surface area contributed by atoms with Gasteiger partial charge in [-0.15, -0.1) is 5.10 Å². The molecular weight excluding hydrogens is 494 g/mol. The molecule has 2 amide bonds. The van der Waals surface area contributed by atoms with E-state index in [1.54, 1.807) is 9.42 Å². The topological polar surface area (TPSA) is 95.3 Å². The summed E-state index contributed by atoms with van der Waals surface area (Å²) in [5.41, 5.74) is 4.74. The Kier molecular flexibility index (Phi) is 6.72. The second kappa shape index (κ2) is 10.3. The number of hydrogen-bond donors (Lipinski definition) is 1. The molecule has 204 valence electrons. The van der Waals surface area contributed by atoms with Gasteiger partial charge in [0.15, 0.2) is 5.65 Å². The van der Waals surface area contributed by atoms with Crippen molar-refractivity contribution in [3.63, 3.8) is 0 Å². The maximum absolute atomic E-state index is 13.0. The van der Waals surface area contributed by atoms with Crippen molar-refractivity contribution in [3.05, 3.63) is 59.8 Å². The monoisotopic (exact) mass is 529 g/mol. The largest absolute Gasteiger partial charge is 0.450 e. The number of amides is 2. The molecule has 3 aliphatic rings. The quantitative estimate of drug-likeness (QED) is 0.536. The standard InChI is InChI=1S/C29H35N7O3/c1-3-39-28(38)34-15-10-21(11-16-34)24-5-4-14-36-25(24)31-27(32-36)30-23-8-6-22(7-9-23)26(37)35-19-29(20-35)12-17-33(2)18-13-29/h4-10,14H,3,11-13,15-20H2,1-2H3,(H,30,32). The zero-order valence-electron chi connectivity index (χ0n) is 22.6. The van der Waals surface area contributed by atoms with Gasteiger partial charge in [-0.3, -0.25) is 4.79 Å². The van der Waals surface area contributed by atoms with Crippen molar-refractivity contribution >= 4 is 34.9 Å². The number of nitrogens with zero attached hydrogens (tertiary/aromatic N) is 6. The number of piperidine rings is 1. The number of carbonyl (C=O) groups excluding carboxylic acids is 2. The van der Waals surface area contributed by atoms with Crippen molar-refractivity contribution < 1.29 is 14.3 Å². The van der Waals surface area contributed by atoms with Crippen molar-refractivity contribution in [1.82, 2.24) is 29.3 Å². The number of anilines is 2. The van der Waals surface area contributed by atoms with Gasteiger partial charge in [-0.05, 0) is 88.3 Å². The van der Waals surface area contributed by atoms with E-state index in [4.69, 9.17) is 9.72 Å². The van der Waals surface area contributed by atoms with Crippen LogP contribution in [0.5, 0.6) is 0 Å². The number of benzene rings is 1. The number of aromatic nitrogens is 3. The summed E-state index contributed by atoms with van der Waals surface area (Å²) >= 11 is 0. The van der Waals surface area contributed by atoms with E-state index in [1.807, 2.05) is 54.4 Å². The van der Waals surface area contributed by atoms with Gasteiger partial charge < -0.3 is 24.8 Å². The molecule has 0 radical (unpaired) electrons. The molecule has 10 nitrogen and oxygen atoms in total. The Morgan fingerprint density at radius 1 is 1.05 bits per heavy atom. The Bertz CT molecular complexity index is 1400. The number of carbonyl (C=O) groups is 2. The Labute approximate surface area is 228 Å². The molecule has 0 bridgehead atoms. The molecule has 3 aromatic rings. The van der Waals surface area contributed by atoms with Crippen LogP contribution in [0.25, 0.3) is 11.2 Å². The van der Waals surface area contributed by atoms with E-state index in [1.165, 1.54) is 12.8 Å². The highest BCUT2D eigenvalue weighted by Gasteiger charge is 2.46. The zero-order valence-corrected chi connectivity index (χ0v) is 22.6. The summed E-state index contributed by atoms with van der Waals surface area (Å²) in [7, 11) is 2.17. The van der Waals surface area contributed by atoms with Gasteiger partial charge in [-0.2, -0.15) is 4.98 Å². The first-order chi connectivity index (χ1) is 18.9. The molecule has 1 aromatic carbocycles. The summed E-state index contributed by atoms with van der Waals surface area (Å²) in [6, 6.07) is 11.5. The van der Waals surface area contributed by atoms with Gasteiger partial charge in [0.05, 0.1) is 6.61 Å². The average Bonchev–Trinajstić information content (AvgIpc) is 3.35. The third kappa shape index (κ3) is 5.08. The van der Waals surface area contributed by atoms with Crippen LogP contribution in [0.3, 0.4) is 0 Å². The van der Waals surface area contributed by atoms with E-state index >= 15 is 0 Å². The lowest BCUT2D eigenvalue weighted by molar-refractivity contribution is -0.0283. The highest BCUT2D eigenvalue weighted by atomic mass is 16.6. The number of rotatable bonds is 5. The van der Waals surface area contributed by atoms with E-state index in [-0.39, 0.29) is 12.0 Å². The summed E-state index contributed by atoms with van der Waals surface area (Å²) in [5.74, 6) is 0.585. The van der Waals surface area contributed by atoms with Gasteiger partial charge in [0.25, 0.3) is 5.91 Å². The smallest absolute Gasteiger partial charge is 0.410 e. The minimum Gasteiger partial charge on any atom is -0.450 e. The van der Waals surface area contributed by atoms with Crippen LogP contribution in [0.2, 0.25) is 0 Å². The van der Waals surface area contributed by atoms with Gasteiger partial charge in [0.1, 0.15) is 0 Å². The van der Waals surface area contributed by atoms with Gasteiger partial charge in [-0.25, -0.2) is 9.31 Å². The Hall–Kier alpha value is -3.92. The van der Waals surface area contributed by atoms with E-state index < -0.39 is 0 Å². The number of pyridine rings is 1. The number of ether oxygens (including phenoxy) is 1. The maximum Gasteiger partial charge on any atom is 0.410 e. The Morgan fingerprint density at radius 2 is 1.82 bits per heavy atom. The van der Waals surface area contributed by atoms with Crippen molar-refractivity contribution in [1.29, 1.82) is 0 Å². The predicted octanol–water partition coefficient (Wildman–Crippen LogP) is 3.89. The summed E-state index contributed by atoms with van der Waals surface area (Å²) in [6.45, 7) is 7.26. The molecule has 5 heterocycles. The predicted molar refractivity (Wildman–Crippen MR) is 149 cm³/mol. The maximum atomic E-state index is 13.0. The van der Waals surface area contributed by atoms with Gasteiger partial charge in [0.2, 0.25) is 5.95 Å². The molecule has 0 aliphatic carbocycles. The molecule has 1 spiro atoms. The highest BCUT2D eigenvalue weighted by molar-refractivity contribution is 5.95. The minimum atomic E-state index is -0.279. The van der Waals surface area contributed by atoms with Crippen LogP contribution in [0, 0.1) is 5.41 Å². The van der Waals surface area contributed by atoms with Crippen molar-refractivity contribution in [3.8, 4) is 0 Å². The second-order valence-electron chi connectivity index (χ2n) is 10.9. The Balaban J connectivity index is 1.10. The van der Waals surface area contributed by atoms with Crippen molar-refractivity contribution in [2.75, 3.05) is 58.2 Å². The third-order valence-electron chi connectivity index (χ3n) is 8.22. The molecule has 1 N–H and O–H groups in total. The van der Waals surface area contributed by atoms with E-state index in [0.717, 1.165) is 55.1 Å². The van der Waals surface area contributed by atoms with Crippen LogP contribution < -0.4 is 5.32 Å². The zero-order chi connectivity index (χ0) is 27.0. The van der Waals surface area contributed by atoms with E-state index in [0.29, 0.717) is 36.6 Å². The first-order valence-electron chi connectivity index (χ1n) is 13.7. The molecule has 10 heteroatoms. The fourth-order valence-corrected chi connectivity index (χ4v) is 5.83. The lowest BCUT2D eigenvalue weighted by Gasteiger charge is -2.53. The highest BCUT2D eigenvalue weighted by Crippen LogP contribution is 2.40. The van der Waals surface area contributed by atoms with Crippen LogP contribution in [0.4, 0.5) is 16.4 Å². The van der Waals surface area contributed by atoms with Crippen molar-refractivity contribution in [2.45, 2.75) is 26.2 Å². The Morgan fingerprint density at radius 3 is 2.51 bits per heavy atom. The normalized spacial score (nSPS) is 19.1. The fraction of sp³-hybridized carbons (Fsp3) is 0.448. The summed E-state index contributed by atoms with van der Waals surface area (Å²) in [4.78, 5) is 35.8. The first-order valence-corrected chi connectivity index (χ1v) is 13.7. The lowest BCUT2D eigenvalue weighted by Crippen LogP contribution is -2.61. The molecule has 2 aromatic heterocycles. The molecule has 0 atom stereocenters. The minimum absolute atomic E-state index is 0.101. The van der Waals surface area contributed by atoms with Crippen LogP contribution in [-0.4, -0.2) is 94.2 Å². The molecule has 0 saturated carbocycles. The van der Waals surface area contributed by atoms with Crippen LogP contribution in [0.1, 0.15) is 42.1 Å². The molecule has 2 fully saturated rings. The lowest BCUT2D eigenvalue weighted by atomic mass is 9.72. The fourth-order valence-electron chi connectivity index (χ4n) is 5.83. The summed E-state index contributed by atoms with van der Waals surface area (Å²) < 4.78 is 6.88. The molecule has 0 unspecified atom stereocenters. The molecule has 39 heavy (non-hydrogen) atoms. The number of hydrogen-bond acceptors (Lipinski definition) is 7. The molecule has 6 rings (SSSR count). The van der Waals surface area contributed by atoms with Gasteiger partial charge in [0, 0.05) is 54.6 Å². The summed E-state index contributed by atoms with van der Waals surface area (Å²) in [6.07, 6.45) is 6.72. The van der Waals surface area contributed by atoms with Gasteiger partial charge >= 0.3 is 6.09 Å². The SMILES string of the molecule is CCOC(=O)N1CC=C(c2cccn3nc(Nc4ccc(C(=O)N5CC6(CCN(C)CC6)C5)cc4)nc23)CC1. The molecule has 2 saturated heterocycles. The van der Waals surface area contributed by atoms with Crippen molar-refractivity contribution in [2.24, 2.45) is 5.41 Å². The van der Waals surface area contributed by atoms with Crippen LogP contribution in [-0.2, 0) is 4.74 Å². The van der Waals surface area contributed by atoms with E-state index in [9.17, 15) is 9.59 Å². The first kappa shape index (κ1) is 25.4. The molecular formula is C29H35N7O3.